The van der Waals surface area contributed by atoms with Gasteiger partial charge in [-0.2, -0.15) is 9.36 Å². The average Bonchev–Trinajstić information content (AvgIpc) is 2.98. The summed E-state index contributed by atoms with van der Waals surface area (Å²) in [4.78, 5) is 31.8. The van der Waals surface area contributed by atoms with Gasteiger partial charge < -0.3 is 26.6 Å². The molecule has 2 amide bonds. The number of carbonyl (C=O) groups is 2. The standard InChI is InChI=1S/C13H23N7O2S/c1-8(2)10(14)11(22)16-7-9(21)19-3-5-20(6-4-19)13-17-12(15)18-23-13/h8,10H,3-7,14H2,1-2H3,(H2,15,18)(H,16,22)/t10-/m0/s1. The molecule has 9 nitrogen and oxygen atoms in total. The third-order valence-electron chi connectivity index (χ3n) is 3.77. The molecular weight excluding hydrogens is 318 g/mol. The van der Waals surface area contributed by atoms with Crippen LogP contribution in [0.25, 0.3) is 0 Å². The molecule has 5 N–H and O–H groups in total. The fourth-order valence-electron chi connectivity index (χ4n) is 2.20. The maximum absolute atomic E-state index is 12.1. The highest BCUT2D eigenvalue weighted by Crippen LogP contribution is 2.19. The van der Waals surface area contributed by atoms with Crippen LogP contribution in [0, 0.1) is 5.92 Å². The van der Waals surface area contributed by atoms with E-state index in [4.69, 9.17) is 11.5 Å². The van der Waals surface area contributed by atoms with Crippen LogP contribution in [0.5, 0.6) is 0 Å². The summed E-state index contributed by atoms with van der Waals surface area (Å²) in [6, 6.07) is -0.595. The lowest BCUT2D eigenvalue weighted by atomic mass is 10.1. The van der Waals surface area contributed by atoms with Crippen LogP contribution in [0.3, 0.4) is 0 Å². The van der Waals surface area contributed by atoms with Crippen LogP contribution < -0.4 is 21.7 Å². The number of piperazine rings is 1. The van der Waals surface area contributed by atoms with Gasteiger partial charge in [0.05, 0.1) is 12.6 Å². The Hall–Kier alpha value is -1.94. The van der Waals surface area contributed by atoms with Crippen molar-refractivity contribution in [3.05, 3.63) is 0 Å². The molecule has 0 aliphatic carbocycles. The van der Waals surface area contributed by atoms with E-state index >= 15 is 0 Å². The molecule has 0 aromatic carbocycles. The second-order valence-corrected chi connectivity index (χ2v) is 6.52. The third kappa shape index (κ3) is 4.52. The molecule has 1 aromatic heterocycles. The van der Waals surface area contributed by atoms with Crippen molar-refractivity contribution < 1.29 is 9.59 Å². The van der Waals surface area contributed by atoms with Crippen molar-refractivity contribution in [1.82, 2.24) is 19.6 Å². The molecular formula is C13H23N7O2S. The van der Waals surface area contributed by atoms with Gasteiger partial charge in [-0.15, -0.1) is 0 Å². The molecule has 1 aromatic rings. The van der Waals surface area contributed by atoms with Gasteiger partial charge in [-0.3, -0.25) is 9.59 Å². The van der Waals surface area contributed by atoms with Crippen molar-refractivity contribution in [3.8, 4) is 0 Å². The van der Waals surface area contributed by atoms with E-state index in [1.807, 2.05) is 18.7 Å². The molecule has 1 aliphatic rings. The molecule has 2 rings (SSSR count). The van der Waals surface area contributed by atoms with Gasteiger partial charge in [-0.1, -0.05) is 13.8 Å². The van der Waals surface area contributed by atoms with Crippen molar-refractivity contribution in [3.63, 3.8) is 0 Å². The Morgan fingerprint density at radius 1 is 1.30 bits per heavy atom. The number of hydrogen-bond donors (Lipinski definition) is 3. The van der Waals surface area contributed by atoms with Crippen LogP contribution in [0.1, 0.15) is 13.8 Å². The minimum atomic E-state index is -0.595. The van der Waals surface area contributed by atoms with Gasteiger partial charge >= 0.3 is 0 Å². The van der Waals surface area contributed by atoms with E-state index in [9.17, 15) is 9.59 Å². The van der Waals surface area contributed by atoms with Gasteiger partial charge in [0.2, 0.25) is 22.9 Å². The molecule has 128 valence electrons. The Morgan fingerprint density at radius 2 is 1.96 bits per heavy atom. The van der Waals surface area contributed by atoms with Crippen molar-refractivity contribution in [2.75, 3.05) is 43.4 Å². The predicted molar refractivity (Wildman–Crippen MR) is 88.9 cm³/mol. The lowest BCUT2D eigenvalue weighted by molar-refractivity contribution is -0.133. The Kier molecular flexibility index (Phi) is 5.72. The van der Waals surface area contributed by atoms with E-state index in [0.29, 0.717) is 26.2 Å². The van der Waals surface area contributed by atoms with E-state index in [0.717, 1.165) is 5.13 Å². The predicted octanol–water partition coefficient (Wildman–Crippen LogP) is -1.13. The molecule has 1 aliphatic heterocycles. The summed E-state index contributed by atoms with van der Waals surface area (Å²) in [6.45, 7) is 6.19. The molecule has 0 bridgehead atoms. The normalized spacial score (nSPS) is 16.5. The second kappa shape index (κ2) is 7.55. The zero-order valence-corrected chi connectivity index (χ0v) is 14.2. The third-order valence-corrected chi connectivity index (χ3v) is 4.56. The highest BCUT2D eigenvalue weighted by molar-refractivity contribution is 7.09. The summed E-state index contributed by atoms with van der Waals surface area (Å²) in [5, 5.41) is 3.37. The highest BCUT2D eigenvalue weighted by atomic mass is 32.1. The van der Waals surface area contributed by atoms with Gasteiger partial charge in [-0.05, 0) is 5.92 Å². The summed E-state index contributed by atoms with van der Waals surface area (Å²) >= 11 is 1.25. The van der Waals surface area contributed by atoms with Crippen LogP contribution >= 0.6 is 11.5 Å². The monoisotopic (exact) mass is 341 g/mol. The van der Waals surface area contributed by atoms with Crippen LogP contribution in [0.2, 0.25) is 0 Å². The van der Waals surface area contributed by atoms with Gasteiger partial charge in [0.25, 0.3) is 0 Å². The smallest absolute Gasteiger partial charge is 0.242 e. The molecule has 1 fully saturated rings. The van der Waals surface area contributed by atoms with Crippen molar-refractivity contribution in [1.29, 1.82) is 0 Å². The maximum Gasteiger partial charge on any atom is 0.242 e. The highest BCUT2D eigenvalue weighted by Gasteiger charge is 2.24. The van der Waals surface area contributed by atoms with Crippen molar-refractivity contribution >= 4 is 34.4 Å². The van der Waals surface area contributed by atoms with Crippen LogP contribution in [0.4, 0.5) is 11.1 Å². The number of carbonyl (C=O) groups excluding carboxylic acids is 2. The second-order valence-electron chi connectivity index (χ2n) is 5.79. The Morgan fingerprint density at radius 3 is 2.48 bits per heavy atom. The molecule has 0 unspecified atom stereocenters. The molecule has 1 atom stereocenters. The number of nitrogens with zero attached hydrogens (tertiary/aromatic N) is 4. The number of aromatic nitrogens is 2. The largest absolute Gasteiger partial charge is 0.367 e. The molecule has 2 heterocycles. The van der Waals surface area contributed by atoms with Crippen molar-refractivity contribution in [2.24, 2.45) is 11.7 Å². The van der Waals surface area contributed by atoms with Crippen LogP contribution in [-0.4, -0.2) is 64.8 Å². The molecule has 1 saturated heterocycles. The lowest BCUT2D eigenvalue weighted by Gasteiger charge is -2.34. The summed E-state index contributed by atoms with van der Waals surface area (Å²) < 4.78 is 3.95. The number of anilines is 2. The number of amides is 2. The first-order valence-electron chi connectivity index (χ1n) is 7.53. The zero-order chi connectivity index (χ0) is 17.0. The Balaban J connectivity index is 1.76. The number of nitrogens with one attached hydrogen (secondary N) is 1. The fourth-order valence-corrected chi connectivity index (χ4v) is 2.85. The van der Waals surface area contributed by atoms with E-state index in [1.54, 1.807) is 4.90 Å². The Bertz CT molecular complexity index is 554. The number of rotatable bonds is 5. The average molecular weight is 341 g/mol. The molecule has 0 spiro atoms. The minimum Gasteiger partial charge on any atom is -0.367 e. The lowest BCUT2D eigenvalue weighted by Crippen LogP contribution is -2.52. The zero-order valence-electron chi connectivity index (χ0n) is 13.4. The van der Waals surface area contributed by atoms with Gasteiger partial charge in [0.1, 0.15) is 0 Å². The first-order chi connectivity index (χ1) is 10.9. The molecule has 0 saturated carbocycles. The maximum atomic E-state index is 12.1. The van der Waals surface area contributed by atoms with E-state index in [2.05, 4.69) is 14.7 Å². The SMILES string of the molecule is CC(C)[C@H](N)C(=O)NCC(=O)N1CCN(c2nc(N)ns2)CC1. The molecule has 0 radical (unpaired) electrons. The summed E-state index contributed by atoms with van der Waals surface area (Å²) in [6.07, 6.45) is 0. The van der Waals surface area contributed by atoms with Gasteiger partial charge in [-0.25, -0.2) is 0 Å². The quantitative estimate of drug-likeness (QED) is 0.617. The van der Waals surface area contributed by atoms with Crippen LogP contribution in [0.15, 0.2) is 0 Å². The van der Waals surface area contributed by atoms with E-state index in [-0.39, 0.29) is 30.2 Å². The fraction of sp³-hybridized carbons (Fsp3) is 0.692. The summed E-state index contributed by atoms with van der Waals surface area (Å²) in [5.74, 6) is -0.0947. The summed E-state index contributed by atoms with van der Waals surface area (Å²) in [5.41, 5.74) is 11.3. The Labute approximate surface area is 139 Å². The van der Waals surface area contributed by atoms with Crippen molar-refractivity contribution in [2.45, 2.75) is 19.9 Å². The van der Waals surface area contributed by atoms with Gasteiger partial charge in [0.15, 0.2) is 0 Å². The van der Waals surface area contributed by atoms with Crippen LogP contribution in [-0.2, 0) is 9.59 Å². The summed E-state index contributed by atoms with van der Waals surface area (Å²) in [7, 11) is 0. The minimum absolute atomic E-state index is 0.0228. The first-order valence-corrected chi connectivity index (χ1v) is 8.31. The van der Waals surface area contributed by atoms with E-state index < -0.39 is 6.04 Å². The topological polar surface area (TPSA) is 130 Å². The van der Waals surface area contributed by atoms with E-state index in [1.165, 1.54) is 11.5 Å². The van der Waals surface area contributed by atoms with Gasteiger partial charge in [0, 0.05) is 37.7 Å². The number of hydrogen-bond acceptors (Lipinski definition) is 8. The number of nitrogens with two attached hydrogens (primary N) is 2. The molecule has 23 heavy (non-hydrogen) atoms. The molecule has 10 heteroatoms. The number of nitrogen functional groups attached to an aromatic ring is 1. The first kappa shape index (κ1) is 17.4.